The molecule has 1 amide bonds. The minimum Gasteiger partial charge on any atom is -0.492 e. The van der Waals surface area contributed by atoms with E-state index in [0.717, 1.165) is 4.47 Å². The Kier molecular flexibility index (Phi) is 9.41. The highest BCUT2D eigenvalue weighted by Crippen LogP contribution is 2.27. The first-order chi connectivity index (χ1) is 10.1. The highest BCUT2D eigenvalue weighted by Gasteiger charge is 2.04. The average molecular weight is 381 g/mol. The van der Waals surface area contributed by atoms with Gasteiger partial charge in [0.25, 0.3) is 0 Å². The smallest absolute Gasteiger partial charge is 0.220 e. The summed E-state index contributed by atoms with van der Waals surface area (Å²) in [5, 5.41) is 11.8. The van der Waals surface area contributed by atoms with Crippen molar-refractivity contribution in [3.63, 3.8) is 0 Å². The quantitative estimate of drug-likeness (QED) is 0.612. The third-order valence-corrected chi connectivity index (χ3v) is 3.29. The third-order valence-electron chi connectivity index (χ3n) is 2.50. The van der Waals surface area contributed by atoms with E-state index in [9.17, 15) is 4.79 Å². The lowest BCUT2D eigenvalue weighted by Gasteiger charge is -2.08. The second kappa shape index (κ2) is 10.8. The van der Waals surface area contributed by atoms with E-state index >= 15 is 0 Å². The zero-order chi connectivity index (χ0) is 15.5. The van der Waals surface area contributed by atoms with Gasteiger partial charge in [-0.25, -0.2) is 0 Å². The van der Waals surface area contributed by atoms with Crippen LogP contribution in [0, 0.1) is 0 Å². The first-order valence-electron chi connectivity index (χ1n) is 6.66. The molecule has 0 heterocycles. The average Bonchev–Trinajstić information content (AvgIpc) is 2.45. The molecule has 0 atom stereocenters. The Labute approximate surface area is 137 Å². The Morgan fingerprint density at radius 1 is 1.33 bits per heavy atom. The Morgan fingerprint density at radius 2 is 2.14 bits per heavy atom. The number of hydrogen-bond donors (Lipinski definition) is 2. The van der Waals surface area contributed by atoms with Gasteiger partial charge < -0.3 is 19.9 Å². The minimum absolute atomic E-state index is 0.0100. The fourth-order valence-electron chi connectivity index (χ4n) is 1.52. The summed E-state index contributed by atoms with van der Waals surface area (Å²) in [4.78, 5) is 11.5. The van der Waals surface area contributed by atoms with Gasteiger partial charge in [-0.15, -0.1) is 0 Å². The van der Waals surface area contributed by atoms with Crippen LogP contribution in [0.25, 0.3) is 0 Å². The van der Waals surface area contributed by atoms with Gasteiger partial charge in [0, 0.05) is 17.4 Å². The van der Waals surface area contributed by atoms with E-state index in [-0.39, 0.29) is 19.1 Å². The summed E-state index contributed by atoms with van der Waals surface area (Å²) in [6.07, 6.45) is 0.990. The molecule has 0 spiro atoms. The molecule has 0 aliphatic heterocycles. The number of hydrogen-bond acceptors (Lipinski definition) is 4. The Bertz CT molecular complexity index is 445. The van der Waals surface area contributed by atoms with Crippen molar-refractivity contribution in [1.29, 1.82) is 0 Å². The lowest BCUT2D eigenvalue weighted by molar-refractivity contribution is -0.121. The van der Waals surface area contributed by atoms with Crippen LogP contribution in [0.15, 0.2) is 22.7 Å². The molecular weight excluding hydrogens is 362 g/mol. The minimum atomic E-state index is -0.0481. The van der Waals surface area contributed by atoms with Crippen LogP contribution >= 0.6 is 27.5 Å². The van der Waals surface area contributed by atoms with Gasteiger partial charge in [-0.1, -0.05) is 27.5 Å². The summed E-state index contributed by atoms with van der Waals surface area (Å²) in [5.41, 5.74) is 0. The normalized spacial score (nSPS) is 10.4. The van der Waals surface area contributed by atoms with Crippen LogP contribution in [0.5, 0.6) is 5.75 Å². The topological polar surface area (TPSA) is 67.8 Å². The predicted octanol–water partition coefficient (Wildman–Crippen LogP) is 2.39. The van der Waals surface area contributed by atoms with Crippen molar-refractivity contribution in [2.75, 3.05) is 33.0 Å². The number of rotatable bonds is 10. The largest absolute Gasteiger partial charge is 0.492 e. The maximum absolute atomic E-state index is 11.5. The van der Waals surface area contributed by atoms with Crippen molar-refractivity contribution < 1.29 is 19.4 Å². The highest BCUT2D eigenvalue weighted by atomic mass is 79.9. The first-order valence-corrected chi connectivity index (χ1v) is 7.83. The second-order valence-corrected chi connectivity index (χ2v) is 5.54. The molecule has 0 saturated carbocycles. The maximum atomic E-state index is 11.5. The Balaban J connectivity index is 2.09. The van der Waals surface area contributed by atoms with Gasteiger partial charge in [0.05, 0.1) is 31.5 Å². The summed E-state index contributed by atoms with van der Waals surface area (Å²) in [5.74, 6) is 0.561. The molecule has 0 aliphatic carbocycles. The van der Waals surface area contributed by atoms with Crippen molar-refractivity contribution >= 4 is 33.4 Å². The number of nitrogens with one attached hydrogen (secondary N) is 1. The van der Waals surface area contributed by atoms with E-state index in [1.165, 1.54) is 0 Å². The molecule has 118 valence electrons. The van der Waals surface area contributed by atoms with E-state index in [0.29, 0.717) is 43.4 Å². The van der Waals surface area contributed by atoms with Gasteiger partial charge in [0.2, 0.25) is 5.91 Å². The lowest BCUT2D eigenvalue weighted by Crippen LogP contribution is -2.27. The number of carbonyl (C=O) groups excluding carboxylic acids is 1. The standard InChI is InChI=1S/C14H19BrClNO4/c15-11-3-4-13(12(16)10-11)21-7-1-2-14(19)17-5-8-20-9-6-18/h3-4,10,18H,1-2,5-9H2,(H,17,19). The molecule has 0 unspecified atom stereocenters. The van der Waals surface area contributed by atoms with E-state index in [4.69, 9.17) is 26.2 Å². The molecule has 5 nitrogen and oxygen atoms in total. The van der Waals surface area contributed by atoms with Crippen LogP contribution in [0.1, 0.15) is 12.8 Å². The molecule has 7 heteroatoms. The van der Waals surface area contributed by atoms with Gasteiger partial charge in [0.15, 0.2) is 0 Å². The number of amides is 1. The molecule has 2 N–H and O–H groups in total. The SMILES string of the molecule is O=C(CCCOc1ccc(Br)cc1Cl)NCCOCCO. The molecule has 1 aromatic carbocycles. The molecule has 21 heavy (non-hydrogen) atoms. The molecule has 0 aliphatic rings. The third kappa shape index (κ3) is 8.26. The Hall–Kier alpha value is -0.820. The zero-order valence-electron chi connectivity index (χ0n) is 11.6. The molecule has 0 aromatic heterocycles. The monoisotopic (exact) mass is 379 g/mol. The second-order valence-electron chi connectivity index (χ2n) is 4.21. The van der Waals surface area contributed by atoms with Gasteiger partial charge in [0.1, 0.15) is 5.75 Å². The summed E-state index contributed by atoms with van der Waals surface area (Å²) in [6, 6.07) is 5.39. The van der Waals surface area contributed by atoms with Crippen LogP contribution in [-0.2, 0) is 9.53 Å². The molecule has 1 aromatic rings. The fourth-order valence-corrected chi connectivity index (χ4v) is 2.25. The van der Waals surface area contributed by atoms with E-state index in [1.807, 2.05) is 6.07 Å². The number of aliphatic hydroxyl groups is 1. The lowest BCUT2D eigenvalue weighted by atomic mass is 10.3. The molecule has 0 fully saturated rings. The number of aliphatic hydroxyl groups excluding tert-OH is 1. The first kappa shape index (κ1) is 18.2. The number of halogens is 2. The molecule has 0 radical (unpaired) electrons. The summed E-state index contributed by atoms with van der Waals surface area (Å²) in [7, 11) is 0. The van der Waals surface area contributed by atoms with Gasteiger partial charge in [-0.05, 0) is 24.6 Å². The van der Waals surface area contributed by atoms with Crippen molar-refractivity contribution in [3.8, 4) is 5.75 Å². The van der Waals surface area contributed by atoms with Gasteiger partial charge in [-0.3, -0.25) is 4.79 Å². The van der Waals surface area contributed by atoms with Crippen LogP contribution < -0.4 is 10.1 Å². The van der Waals surface area contributed by atoms with E-state index in [2.05, 4.69) is 21.2 Å². The summed E-state index contributed by atoms with van der Waals surface area (Å²) in [6.45, 7) is 1.55. The number of benzene rings is 1. The van der Waals surface area contributed by atoms with Crippen LogP contribution in [0.3, 0.4) is 0 Å². The van der Waals surface area contributed by atoms with Crippen molar-refractivity contribution in [2.45, 2.75) is 12.8 Å². The predicted molar refractivity (Wildman–Crippen MR) is 84.8 cm³/mol. The number of ether oxygens (including phenoxy) is 2. The Morgan fingerprint density at radius 3 is 2.86 bits per heavy atom. The molecule has 0 saturated heterocycles. The van der Waals surface area contributed by atoms with E-state index < -0.39 is 0 Å². The van der Waals surface area contributed by atoms with E-state index in [1.54, 1.807) is 12.1 Å². The summed E-state index contributed by atoms with van der Waals surface area (Å²) < 4.78 is 11.4. The molecule has 1 rings (SSSR count). The molecule has 0 bridgehead atoms. The van der Waals surface area contributed by atoms with Crippen LogP contribution in [-0.4, -0.2) is 44.0 Å². The number of carbonyl (C=O) groups is 1. The fraction of sp³-hybridized carbons (Fsp3) is 0.500. The van der Waals surface area contributed by atoms with Crippen molar-refractivity contribution in [3.05, 3.63) is 27.7 Å². The highest BCUT2D eigenvalue weighted by molar-refractivity contribution is 9.10. The molecular formula is C14H19BrClNO4. The summed E-state index contributed by atoms with van der Waals surface area (Å²) >= 11 is 9.34. The van der Waals surface area contributed by atoms with Crippen LogP contribution in [0.2, 0.25) is 5.02 Å². The van der Waals surface area contributed by atoms with Gasteiger partial charge >= 0.3 is 0 Å². The van der Waals surface area contributed by atoms with Crippen LogP contribution in [0.4, 0.5) is 0 Å². The zero-order valence-corrected chi connectivity index (χ0v) is 14.0. The maximum Gasteiger partial charge on any atom is 0.220 e. The van der Waals surface area contributed by atoms with Gasteiger partial charge in [-0.2, -0.15) is 0 Å². The van der Waals surface area contributed by atoms with Crippen molar-refractivity contribution in [1.82, 2.24) is 5.32 Å². The van der Waals surface area contributed by atoms with Crippen molar-refractivity contribution in [2.24, 2.45) is 0 Å².